The van der Waals surface area contributed by atoms with Gasteiger partial charge >= 0.3 is 0 Å². The van der Waals surface area contributed by atoms with E-state index in [1.807, 2.05) is 48.2 Å². The molecule has 7 heteroatoms. The molecule has 1 aliphatic rings. The van der Waals surface area contributed by atoms with Crippen molar-refractivity contribution in [3.05, 3.63) is 94.5 Å². The van der Waals surface area contributed by atoms with E-state index in [9.17, 15) is 13.2 Å². The second kappa shape index (κ2) is 9.60. The first kappa shape index (κ1) is 24.0. The van der Waals surface area contributed by atoms with E-state index in [4.69, 9.17) is 4.74 Å². The number of benzene rings is 3. The Hall–Kier alpha value is -3.16. The van der Waals surface area contributed by atoms with Gasteiger partial charge in [0, 0.05) is 26.2 Å². The van der Waals surface area contributed by atoms with Gasteiger partial charge in [-0.25, -0.2) is 12.7 Å². The number of ether oxygens (including phenoxy) is 1. The topological polar surface area (TPSA) is 66.9 Å². The number of methoxy groups -OCH3 is 1. The van der Waals surface area contributed by atoms with Crippen molar-refractivity contribution in [1.82, 2.24) is 9.21 Å². The Morgan fingerprint density at radius 1 is 1.03 bits per heavy atom. The van der Waals surface area contributed by atoms with Gasteiger partial charge in [-0.3, -0.25) is 4.79 Å². The van der Waals surface area contributed by atoms with Crippen molar-refractivity contribution in [1.29, 1.82) is 0 Å². The number of amides is 1. The van der Waals surface area contributed by atoms with E-state index in [1.54, 1.807) is 12.1 Å². The Morgan fingerprint density at radius 2 is 1.74 bits per heavy atom. The van der Waals surface area contributed by atoms with Gasteiger partial charge in [0.05, 0.1) is 13.2 Å². The number of sulfonamides is 1. The summed E-state index contributed by atoms with van der Waals surface area (Å²) in [6.07, 6.45) is 1.73. The highest BCUT2D eigenvalue weighted by atomic mass is 32.2. The number of fused-ring (bicyclic) bond motifs is 1. The highest BCUT2D eigenvalue weighted by Gasteiger charge is 2.32. The first-order valence-electron chi connectivity index (χ1n) is 11.3. The number of aryl methyl sites for hydroxylation is 2. The molecule has 6 nitrogen and oxygen atoms in total. The monoisotopic (exact) mass is 478 g/mol. The van der Waals surface area contributed by atoms with E-state index in [-0.39, 0.29) is 22.6 Å². The van der Waals surface area contributed by atoms with Crippen LogP contribution in [0.1, 0.15) is 45.1 Å². The molecule has 0 saturated heterocycles. The molecule has 0 spiro atoms. The lowest BCUT2D eigenvalue weighted by Gasteiger charge is -2.30. The highest BCUT2D eigenvalue weighted by molar-refractivity contribution is 7.89. The lowest BCUT2D eigenvalue weighted by atomic mass is 10.0. The van der Waals surface area contributed by atoms with Gasteiger partial charge in [0.2, 0.25) is 10.0 Å². The number of hydrogen-bond acceptors (Lipinski definition) is 4. The molecule has 0 fully saturated rings. The highest BCUT2D eigenvalue weighted by Crippen LogP contribution is 2.38. The Kier molecular flexibility index (Phi) is 6.77. The van der Waals surface area contributed by atoms with Crippen molar-refractivity contribution in [3.63, 3.8) is 0 Å². The van der Waals surface area contributed by atoms with E-state index in [2.05, 4.69) is 12.1 Å². The molecule has 1 atom stereocenters. The number of carbonyl (C=O) groups excluding carboxylic acids is 1. The van der Waals surface area contributed by atoms with Gasteiger partial charge in [-0.15, -0.1) is 0 Å². The van der Waals surface area contributed by atoms with Gasteiger partial charge in [0.15, 0.2) is 0 Å². The molecule has 4 rings (SSSR count). The first-order chi connectivity index (χ1) is 16.2. The van der Waals surface area contributed by atoms with Gasteiger partial charge in [0.25, 0.3) is 5.91 Å². The summed E-state index contributed by atoms with van der Waals surface area (Å²) in [5.41, 5.74) is 4.90. The summed E-state index contributed by atoms with van der Waals surface area (Å²) in [4.78, 5) is 15.8. The molecule has 3 aromatic rings. The molecule has 1 aliphatic carbocycles. The molecule has 0 aliphatic heterocycles. The number of carbonyl (C=O) groups is 1. The molecule has 0 saturated carbocycles. The van der Waals surface area contributed by atoms with Gasteiger partial charge in [0.1, 0.15) is 10.6 Å². The number of rotatable bonds is 7. The van der Waals surface area contributed by atoms with Crippen LogP contribution in [0, 0.1) is 6.92 Å². The standard InChI is InChI=1S/C27H30N2O4S/c1-19-9-11-20(12-10-19)18-29(24-15-13-21-7-5-6-8-23(21)24)27(30)22-14-16-25(33-4)26(17-22)34(31,32)28(2)3/h5-12,14,16-17,24H,13,15,18H2,1-4H3. The lowest BCUT2D eigenvalue weighted by molar-refractivity contribution is 0.0658. The molecule has 0 radical (unpaired) electrons. The molecule has 0 heterocycles. The third kappa shape index (κ3) is 4.58. The maximum absolute atomic E-state index is 13.9. The molecule has 3 aromatic carbocycles. The minimum atomic E-state index is -3.80. The van der Waals surface area contributed by atoms with Crippen molar-refractivity contribution in [3.8, 4) is 5.75 Å². The number of hydrogen-bond donors (Lipinski definition) is 0. The third-order valence-corrected chi connectivity index (χ3v) is 8.22. The Balaban J connectivity index is 1.77. The molecular formula is C27H30N2O4S. The van der Waals surface area contributed by atoms with E-state index >= 15 is 0 Å². The van der Waals surface area contributed by atoms with Crippen LogP contribution in [0.25, 0.3) is 0 Å². The molecule has 0 bridgehead atoms. The summed E-state index contributed by atoms with van der Waals surface area (Å²) in [5.74, 6) is 0.00156. The summed E-state index contributed by atoms with van der Waals surface area (Å²) in [6, 6.07) is 20.9. The SMILES string of the molecule is COc1ccc(C(=O)N(Cc2ccc(C)cc2)C2CCc3ccccc32)cc1S(=O)(=O)N(C)C. The fourth-order valence-corrected chi connectivity index (χ4v) is 5.52. The van der Waals surface area contributed by atoms with E-state index in [0.717, 1.165) is 33.8 Å². The summed E-state index contributed by atoms with van der Waals surface area (Å²) in [7, 11) is 0.548. The van der Waals surface area contributed by atoms with Crippen LogP contribution in [0.2, 0.25) is 0 Å². The third-order valence-electron chi connectivity index (χ3n) is 6.38. The van der Waals surface area contributed by atoms with Crippen LogP contribution >= 0.6 is 0 Å². The zero-order valence-corrected chi connectivity index (χ0v) is 20.8. The molecular weight excluding hydrogens is 448 g/mol. The Labute approximate surface area is 201 Å². The normalized spacial score (nSPS) is 15.3. The average Bonchev–Trinajstić information content (AvgIpc) is 3.26. The van der Waals surface area contributed by atoms with Crippen LogP contribution in [-0.4, -0.2) is 44.7 Å². The minimum absolute atomic E-state index is 0.0204. The van der Waals surface area contributed by atoms with Crippen molar-refractivity contribution in [2.45, 2.75) is 37.2 Å². The fraction of sp³-hybridized carbons (Fsp3) is 0.296. The predicted octanol–water partition coefficient (Wildman–Crippen LogP) is 4.58. The quantitative estimate of drug-likeness (QED) is 0.498. The largest absolute Gasteiger partial charge is 0.495 e. The zero-order chi connectivity index (χ0) is 24.5. The van der Waals surface area contributed by atoms with Crippen molar-refractivity contribution < 1.29 is 17.9 Å². The summed E-state index contributed by atoms with van der Waals surface area (Å²) >= 11 is 0. The van der Waals surface area contributed by atoms with Gasteiger partial charge in [-0.05, 0) is 54.7 Å². The summed E-state index contributed by atoms with van der Waals surface area (Å²) < 4.78 is 32.3. The van der Waals surface area contributed by atoms with E-state index < -0.39 is 10.0 Å². The number of nitrogens with zero attached hydrogens (tertiary/aromatic N) is 2. The van der Waals surface area contributed by atoms with Gasteiger partial charge in [-0.1, -0.05) is 54.1 Å². The molecule has 1 unspecified atom stereocenters. The minimum Gasteiger partial charge on any atom is -0.495 e. The van der Waals surface area contributed by atoms with Crippen molar-refractivity contribution >= 4 is 15.9 Å². The fourth-order valence-electron chi connectivity index (χ4n) is 4.45. The maximum Gasteiger partial charge on any atom is 0.254 e. The van der Waals surface area contributed by atoms with Crippen LogP contribution in [0.5, 0.6) is 5.75 Å². The van der Waals surface area contributed by atoms with Crippen LogP contribution in [0.4, 0.5) is 0 Å². The smallest absolute Gasteiger partial charge is 0.254 e. The zero-order valence-electron chi connectivity index (χ0n) is 20.0. The summed E-state index contributed by atoms with van der Waals surface area (Å²) in [6.45, 7) is 2.46. The molecule has 34 heavy (non-hydrogen) atoms. The van der Waals surface area contributed by atoms with Crippen molar-refractivity contribution in [2.24, 2.45) is 0 Å². The molecule has 0 N–H and O–H groups in total. The first-order valence-corrected chi connectivity index (χ1v) is 12.7. The van der Waals surface area contributed by atoms with Crippen LogP contribution in [0.15, 0.2) is 71.6 Å². The average molecular weight is 479 g/mol. The van der Waals surface area contributed by atoms with E-state index in [0.29, 0.717) is 12.1 Å². The van der Waals surface area contributed by atoms with Crippen LogP contribution in [0.3, 0.4) is 0 Å². The Bertz CT molecular complexity index is 1300. The second-order valence-corrected chi connectivity index (χ2v) is 10.9. The van der Waals surface area contributed by atoms with Gasteiger partial charge in [-0.2, -0.15) is 0 Å². The Morgan fingerprint density at radius 3 is 2.41 bits per heavy atom. The van der Waals surface area contributed by atoms with Crippen LogP contribution < -0.4 is 4.74 Å². The molecule has 1 amide bonds. The summed E-state index contributed by atoms with van der Waals surface area (Å²) in [5, 5.41) is 0. The molecule has 178 valence electrons. The lowest BCUT2D eigenvalue weighted by Crippen LogP contribution is -2.34. The predicted molar refractivity (Wildman–Crippen MR) is 132 cm³/mol. The second-order valence-electron chi connectivity index (χ2n) is 8.83. The van der Waals surface area contributed by atoms with Gasteiger partial charge < -0.3 is 9.64 Å². The molecule has 0 aromatic heterocycles. The van der Waals surface area contributed by atoms with E-state index in [1.165, 1.54) is 32.8 Å². The van der Waals surface area contributed by atoms with Crippen LogP contribution in [-0.2, 0) is 23.0 Å². The maximum atomic E-state index is 13.9. The van der Waals surface area contributed by atoms with Crippen molar-refractivity contribution in [2.75, 3.05) is 21.2 Å².